The summed E-state index contributed by atoms with van der Waals surface area (Å²) in [6.45, 7) is 3.75. The normalized spacial score (nSPS) is 11.1. The summed E-state index contributed by atoms with van der Waals surface area (Å²) in [5.74, 6) is -0.305. The lowest BCUT2D eigenvalue weighted by molar-refractivity contribution is 0.617. The second kappa shape index (κ2) is 4.28. The summed E-state index contributed by atoms with van der Waals surface area (Å²) in [6.07, 6.45) is 0. The van der Waals surface area contributed by atoms with Crippen LogP contribution in [0.2, 0.25) is 0 Å². The molecule has 0 amide bonds. The van der Waals surface area contributed by atoms with Crippen LogP contribution in [-0.2, 0) is 0 Å². The van der Waals surface area contributed by atoms with E-state index < -0.39 is 0 Å². The molecule has 3 nitrogen and oxygen atoms in total. The lowest BCUT2D eigenvalue weighted by Crippen LogP contribution is -1.99. The molecular weight excluding hydrogens is 261 g/mol. The van der Waals surface area contributed by atoms with E-state index >= 15 is 0 Å². The molecule has 0 atom stereocenters. The number of halogens is 1. The lowest BCUT2D eigenvalue weighted by Gasteiger charge is -2.06. The van der Waals surface area contributed by atoms with Crippen molar-refractivity contribution in [2.24, 2.45) is 0 Å². The predicted octanol–water partition coefficient (Wildman–Crippen LogP) is 3.84. The van der Waals surface area contributed by atoms with Gasteiger partial charge < -0.3 is 4.98 Å². The van der Waals surface area contributed by atoms with Crippen LogP contribution in [-0.4, -0.2) is 14.5 Å². The summed E-state index contributed by atoms with van der Waals surface area (Å²) in [4.78, 5) is 7.48. The first-order chi connectivity index (χ1) is 9.06. The van der Waals surface area contributed by atoms with Crippen molar-refractivity contribution < 1.29 is 4.39 Å². The number of aromatic nitrogens is 3. The zero-order valence-corrected chi connectivity index (χ0v) is 11.4. The molecule has 19 heavy (non-hydrogen) atoms. The van der Waals surface area contributed by atoms with Gasteiger partial charge in [-0.05, 0) is 55.9 Å². The first-order valence-corrected chi connectivity index (χ1v) is 6.32. The molecule has 96 valence electrons. The minimum Gasteiger partial charge on any atom is -0.329 e. The Morgan fingerprint density at radius 2 is 2.00 bits per heavy atom. The van der Waals surface area contributed by atoms with Crippen LogP contribution in [0.15, 0.2) is 30.3 Å². The van der Waals surface area contributed by atoms with E-state index in [1.54, 1.807) is 10.6 Å². The van der Waals surface area contributed by atoms with E-state index in [9.17, 15) is 4.39 Å². The third kappa shape index (κ3) is 1.96. The molecule has 0 radical (unpaired) electrons. The Bertz CT molecular complexity index is 832. The van der Waals surface area contributed by atoms with Crippen molar-refractivity contribution in [3.05, 3.63) is 52.2 Å². The molecule has 0 spiro atoms. The molecule has 5 heteroatoms. The average molecular weight is 273 g/mol. The van der Waals surface area contributed by atoms with Crippen molar-refractivity contribution in [3.8, 4) is 5.69 Å². The Morgan fingerprint density at radius 3 is 2.74 bits per heavy atom. The van der Waals surface area contributed by atoms with E-state index in [4.69, 9.17) is 12.2 Å². The molecule has 0 aliphatic heterocycles. The third-order valence-electron chi connectivity index (χ3n) is 3.01. The topological polar surface area (TPSA) is 33.6 Å². The van der Waals surface area contributed by atoms with Crippen molar-refractivity contribution in [1.29, 1.82) is 0 Å². The largest absolute Gasteiger partial charge is 0.329 e. The molecular formula is C14H12FN3S. The van der Waals surface area contributed by atoms with Crippen LogP contribution in [0.25, 0.3) is 16.9 Å². The number of nitrogens with zero attached hydrogens (tertiary/aromatic N) is 2. The van der Waals surface area contributed by atoms with Gasteiger partial charge in [0.2, 0.25) is 0 Å². The highest BCUT2D eigenvalue weighted by molar-refractivity contribution is 7.71. The Balaban J connectivity index is 2.38. The maximum atomic E-state index is 14.1. The summed E-state index contributed by atoms with van der Waals surface area (Å²) < 4.78 is 16.2. The number of H-pyrrole nitrogens is 1. The SMILES string of the molecule is Cc1ccc(-n2c(=S)[nH]c3ccc(C)nc32)c(F)c1. The number of fused-ring (bicyclic) bond motifs is 1. The van der Waals surface area contributed by atoms with Crippen LogP contribution in [0.1, 0.15) is 11.3 Å². The molecule has 0 saturated carbocycles. The van der Waals surface area contributed by atoms with Gasteiger partial charge in [-0.3, -0.25) is 4.57 Å². The molecule has 1 N–H and O–H groups in total. The van der Waals surface area contributed by atoms with Crippen LogP contribution in [0.3, 0.4) is 0 Å². The van der Waals surface area contributed by atoms with Crippen LogP contribution in [0, 0.1) is 24.4 Å². The van der Waals surface area contributed by atoms with Gasteiger partial charge in [-0.2, -0.15) is 0 Å². The van der Waals surface area contributed by atoms with E-state index in [2.05, 4.69) is 9.97 Å². The van der Waals surface area contributed by atoms with Crippen LogP contribution in [0.4, 0.5) is 4.39 Å². The number of hydrogen-bond donors (Lipinski definition) is 1. The van der Waals surface area contributed by atoms with Crippen molar-refractivity contribution >= 4 is 23.4 Å². The lowest BCUT2D eigenvalue weighted by atomic mass is 10.2. The van der Waals surface area contributed by atoms with Gasteiger partial charge in [0.1, 0.15) is 5.82 Å². The zero-order valence-electron chi connectivity index (χ0n) is 10.6. The van der Waals surface area contributed by atoms with Crippen LogP contribution >= 0.6 is 12.2 Å². The smallest absolute Gasteiger partial charge is 0.184 e. The fourth-order valence-electron chi connectivity index (χ4n) is 2.10. The molecule has 0 unspecified atom stereocenters. The van der Waals surface area contributed by atoms with E-state index in [0.29, 0.717) is 16.1 Å². The molecule has 0 aliphatic rings. The molecule has 0 fully saturated rings. The van der Waals surface area contributed by atoms with Gasteiger partial charge in [0, 0.05) is 5.69 Å². The van der Waals surface area contributed by atoms with Gasteiger partial charge in [0.05, 0.1) is 11.2 Å². The molecule has 0 bridgehead atoms. The first-order valence-electron chi connectivity index (χ1n) is 5.91. The molecule has 3 aromatic rings. The highest BCUT2D eigenvalue weighted by atomic mass is 32.1. The van der Waals surface area contributed by atoms with E-state index in [-0.39, 0.29) is 5.82 Å². The standard InChI is InChI=1S/C14H12FN3S/c1-8-3-6-12(10(15)7-8)18-13-11(17-14(18)19)5-4-9(2)16-13/h3-7H,1-2H3,(H,17,19). The number of benzene rings is 1. The first kappa shape index (κ1) is 12.0. The number of nitrogens with one attached hydrogen (secondary N) is 1. The minimum atomic E-state index is -0.305. The van der Waals surface area contributed by atoms with Crippen molar-refractivity contribution in [1.82, 2.24) is 14.5 Å². The molecule has 1 aromatic carbocycles. The van der Waals surface area contributed by atoms with Gasteiger partial charge in [0.25, 0.3) is 0 Å². The number of rotatable bonds is 1. The predicted molar refractivity (Wildman–Crippen MR) is 75.7 cm³/mol. The summed E-state index contributed by atoms with van der Waals surface area (Å²) in [6, 6.07) is 8.86. The number of imidazole rings is 1. The molecule has 2 heterocycles. The molecule has 0 saturated heterocycles. The van der Waals surface area contributed by atoms with Crippen molar-refractivity contribution in [3.63, 3.8) is 0 Å². The highest BCUT2D eigenvalue weighted by Crippen LogP contribution is 2.21. The van der Waals surface area contributed by atoms with Gasteiger partial charge in [-0.25, -0.2) is 9.37 Å². The quantitative estimate of drug-likeness (QED) is 0.683. The molecule has 3 rings (SSSR count). The van der Waals surface area contributed by atoms with Crippen LogP contribution in [0.5, 0.6) is 0 Å². The minimum absolute atomic E-state index is 0.305. The Morgan fingerprint density at radius 1 is 1.21 bits per heavy atom. The fourth-order valence-corrected chi connectivity index (χ4v) is 2.39. The molecule has 2 aromatic heterocycles. The number of aromatic amines is 1. The van der Waals surface area contributed by atoms with Crippen molar-refractivity contribution in [2.75, 3.05) is 0 Å². The Labute approximate surface area is 114 Å². The van der Waals surface area contributed by atoms with E-state index in [1.165, 1.54) is 6.07 Å². The maximum absolute atomic E-state index is 14.1. The summed E-state index contributed by atoms with van der Waals surface area (Å²) in [7, 11) is 0. The Kier molecular flexibility index (Phi) is 2.71. The van der Waals surface area contributed by atoms with E-state index in [0.717, 1.165) is 16.8 Å². The maximum Gasteiger partial charge on any atom is 0.184 e. The summed E-state index contributed by atoms with van der Waals surface area (Å²) in [5, 5.41) is 0. The average Bonchev–Trinajstić information content (AvgIpc) is 2.65. The second-order valence-corrected chi connectivity index (χ2v) is 4.93. The number of pyridine rings is 1. The van der Waals surface area contributed by atoms with Crippen molar-refractivity contribution in [2.45, 2.75) is 13.8 Å². The fraction of sp³-hybridized carbons (Fsp3) is 0.143. The second-order valence-electron chi connectivity index (χ2n) is 4.54. The number of hydrogen-bond acceptors (Lipinski definition) is 2. The van der Waals surface area contributed by atoms with Gasteiger partial charge in [0.15, 0.2) is 10.4 Å². The third-order valence-corrected chi connectivity index (χ3v) is 3.30. The molecule has 0 aliphatic carbocycles. The highest BCUT2D eigenvalue weighted by Gasteiger charge is 2.11. The van der Waals surface area contributed by atoms with Gasteiger partial charge in [-0.1, -0.05) is 6.07 Å². The summed E-state index contributed by atoms with van der Waals surface area (Å²) >= 11 is 5.27. The van der Waals surface area contributed by atoms with Gasteiger partial charge in [-0.15, -0.1) is 0 Å². The Hall–Kier alpha value is -2.01. The van der Waals surface area contributed by atoms with Crippen LogP contribution < -0.4 is 0 Å². The van der Waals surface area contributed by atoms with E-state index in [1.807, 2.05) is 32.0 Å². The summed E-state index contributed by atoms with van der Waals surface area (Å²) in [5.41, 5.74) is 3.60. The monoisotopic (exact) mass is 273 g/mol. The number of aryl methyl sites for hydroxylation is 2. The zero-order chi connectivity index (χ0) is 13.6. The van der Waals surface area contributed by atoms with Gasteiger partial charge >= 0.3 is 0 Å².